The summed E-state index contributed by atoms with van der Waals surface area (Å²) in [6, 6.07) is 10.5. The van der Waals surface area contributed by atoms with E-state index in [9.17, 15) is 0 Å². The van der Waals surface area contributed by atoms with Crippen molar-refractivity contribution in [2.45, 2.75) is 38.5 Å². The fourth-order valence-electron chi connectivity index (χ4n) is 2.47. The van der Waals surface area contributed by atoms with Crippen molar-refractivity contribution in [1.82, 2.24) is 9.97 Å². The van der Waals surface area contributed by atoms with Gasteiger partial charge in [0.15, 0.2) is 0 Å². The van der Waals surface area contributed by atoms with Crippen LogP contribution in [0, 0.1) is 0 Å². The second kappa shape index (κ2) is 7.59. The maximum Gasteiger partial charge on any atom is 0.0701 e. The Morgan fingerprint density at radius 2 is 1.95 bits per heavy atom. The molecule has 0 amide bonds. The summed E-state index contributed by atoms with van der Waals surface area (Å²) < 4.78 is 0. The first-order valence-corrected chi connectivity index (χ1v) is 7.31. The number of aromatic nitrogens is 2. The van der Waals surface area contributed by atoms with E-state index in [0.29, 0.717) is 0 Å². The molecular formula is C18H22N2. The molecule has 0 saturated heterocycles. The van der Waals surface area contributed by atoms with Gasteiger partial charge >= 0.3 is 0 Å². The van der Waals surface area contributed by atoms with Crippen molar-refractivity contribution in [3.63, 3.8) is 0 Å². The predicted octanol–water partition coefficient (Wildman–Crippen LogP) is 4.75. The average molecular weight is 266 g/mol. The second-order valence-corrected chi connectivity index (χ2v) is 5.09. The molecule has 2 aromatic rings. The Hall–Kier alpha value is -1.96. The van der Waals surface area contributed by atoms with Gasteiger partial charge in [-0.05, 0) is 18.4 Å². The molecule has 0 aliphatic rings. The highest BCUT2D eigenvalue weighted by atomic mass is 14.8. The molecule has 2 nitrogen and oxygen atoms in total. The Labute approximate surface area is 121 Å². The zero-order valence-corrected chi connectivity index (χ0v) is 12.1. The summed E-state index contributed by atoms with van der Waals surface area (Å²) >= 11 is 0. The Morgan fingerprint density at radius 3 is 2.60 bits per heavy atom. The fourth-order valence-corrected chi connectivity index (χ4v) is 2.47. The summed E-state index contributed by atoms with van der Waals surface area (Å²) in [7, 11) is 0. The molecule has 104 valence electrons. The molecule has 1 heterocycles. The third kappa shape index (κ3) is 3.77. The quantitative estimate of drug-likeness (QED) is 0.534. The van der Waals surface area contributed by atoms with E-state index in [0.717, 1.165) is 12.1 Å². The lowest BCUT2D eigenvalue weighted by Crippen LogP contribution is -2.06. The third-order valence-electron chi connectivity index (χ3n) is 3.52. The number of hydrogen-bond acceptors (Lipinski definition) is 2. The number of unbranched alkanes of at least 4 members (excludes halogenated alkanes) is 2. The van der Waals surface area contributed by atoms with Gasteiger partial charge in [-0.25, -0.2) is 0 Å². The van der Waals surface area contributed by atoms with Crippen LogP contribution in [0.25, 0.3) is 0 Å². The largest absolute Gasteiger partial charge is 0.261 e. The van der Waals surface area contributed by atoms with Crippen molar-refractivity contribution < 1.29 is 0 Å². The summed E-state index contributed by atoms with van der Waals surface area (Å²) in [6.45, 7) is 6.53. The summed E-state index contributed by atoms with van der Waals surface area (Å²) in [5.74, 6) is 0.154. The van der Waals surface area contributed by atoms with Crippen molar-refractivity contribution in [1.29, 1.82) is 0 Å². The smallest absolute Gasteiger partial charge is 0.0701 e. The van der Waals surface area contributed by atoms with Crippen molar-refractivity contribution in [3.8, 4) is 0 Å². The van der Waals surface area contributed by atoms with E-state index in [-0.39, 0.29) is 5.92 Å². The lowest BCUT2D eigenvalue weighted by atomic mass is 9.86. The van der Waals surface area contributed by atoms with Gasteiger partial charge in [-0.2, -0.15) is 0 Å². The van der Waals surface area contributed by atoms with Gasteiger partial charge in [-0.1, -0.05) is 62.2 Å². The van der Waals surface area contributed by atoms with Crippen LogP contribution in [-0.4, -0.2) is 9.97 Å². The van der Waals surface area contributed by atoms with E-state index in [1.54, 1.807) is 12.4 Å². The van der Waals surface area contributed by atoms with Crippen molar-refractivity contribution in [2.24, 2.45) is 0 Å². The summed E-state index contributed by atoms with van der Waals surface area (Å²) in [5, 5.41) is 0. The van der Waals surface area contributed by atoms with Gasteiger partial charge in [0.25, 0.3) is 0 Å². The van der Waals surface area contributed by atoms with Crippen LogP contribution in [0.5, 0.6) is 0 Å². The van der Waals surface area contributed by atoms with E-state index >= 15 is 0 Å². The number of benzene rings is 1. The minimum Gasteiger partial charge on any atom is -0.261 e. The third-order valence-corrected chi connectivity index (χ3v) is 3.52. The van der Waals surface area contributed by atoms with Gasteiger partial charge in [0.1, 0.15) is 0 Å². The van der Waals surface area contributed by atoms with Crippen LogP contribution in [0.2, 0.25) is 0 Å². The van der Waals surface area contributed by atoms with E-state index in [1.165, 1.54) is 30.4 Å². The van der Waals surface area contributed by atoms with Crippen LogP contribution in [0.1, 0.15) is 49.8 Å². The van der Waals surface area contributed by atoms with E-state index in [4.69, 9.17) is 0 Å². The maximum atomic E-state index is 4.48. The van der Waals surface area contributed by atoms with Crippen molar-refractivity contribution in [3.05, 3.63) is 72.3 Å². The molecular weight excluding hydrogens is 244 g/mol. The van der Waals surface area contributed by atoms with Crippen LogP contribution >= 0.6 is 0 Å². The van der Waals surface area contributed by atoms with Gasteiger partial charge in [-0.3, -0.25) is 9.97 Å². The molecule has 0 bridgehead atoms. The first-order chi connectivity index (χ1) is 9.83. The van der Waals surface area contributed by atoms with Gasteiger partial charge in [0, 0.05) is 24.5 Å². The predicted molar refractivity (Wildman–Crippen MR) is 83.6 cm³/mol. The summed E-state index contributed by atoms with van der Waals surface area (Å²) in [4.78, 5) is 8.69. The molecule has 0 aliphatic carbocycles. The molecule has 20 heavy (non-hydrogen) atoms. The zero-order chi connectivity index (χ0) is 14.2. The molecule has 0 saturated carbocycles. The average Bonchev–Trinajstić information content (AvgIpc) is 2.50. The van der Waals surface area contributed by atoms with E-state index < -0.39 is 0 Å². The molecule has 1 unspecified atom stereocenters. The molecule has 1 aromatic heterocycles. The highest BCUT2D eigenvalue weighted by Crippen LogP contribution is 2.31. The number of allylic oxidation sites excluding steroid dienone is 1. The Morgan fingerprint density at radius 1 is 1.15 bits per heavy atom. The molecule has 0 spiro atoms. The molecule has 0 radical (unpaired) electrons. The van der Waals surface area contributed by atoms with Crippen molar-refractivity contribution >= 4 is 0 Å². The standard InChI is InChI=1S/C18H22N2/c1-3-4-6-9-15(2)18(16-10-7-5-8-11-16)17-14-19-12-13-20-17/h5,7-8,10-14,18H,2-4,6,9H2,1H3. The number of hydrogen-bond donors (Lipinski definition) is 0. The zero-order valence-electron chi connectivity index (χ0n) is 12.1. The lowest BCUT2D eigenvalue weighted by Gasteiger charge is -2.19. The molecule has 1 atom stereocenters. The summed E-state index contributed by atoms with van der Waals surface area (Å²) in [5.41, 5.74) is 3.46. The first kappa shape index (κ1) is 14.4. The lowest BCUT2D eigenvalue weighted by molar-refractivity contribution is 0.687. The Balaban J connectivity index is 2.23. The normalized spacial score (nSPS) is 12.1. The highest BCUT2D eigenvalue weighted by molar-refractivity contribution is 5.35. The topological polar surface area (TPSA) is 25.8 Å². The second-order valence-electron chi connectivity index (χ2n) is 5.09. The minimum atomic E-state index is 0.154. The van der Waals surface area contributed by atoms with Gasteiger partial charge in [-0.15, -0.1) is 0 Å². The van der Waals surface area contributed by atoms with E-state index in [2.05, 4.69) is 47.7 Å². The molecule has 0 fully saturated rings. The number of rotatable bonds is 7. The molecule has 1 aromatic carbocycles. The molecule has 2 heteroatoms. The Bertz CT molecular complexity index is 480. The minimum absolute atomic E-state index is 0.154. The fraction of sp³-hybridized carbons (Fsp3) is 0.333. The van der Waals surface area contributed by atoms with Gasteiger partial charge in [0.05, 0.1) is 5.69 Å². The highest BCUT2D eigenvalue weighted by Gasteiger charge is 2.18. The van der Waals surface area contributed by atoms with Crippen LogP contribution < -0.4 is 0 Å². The number of nitrogens with zero attached hydrogens (tertiary/aromatic N) is 2. The first-order valence-electron chi connectivity index (χ1n) is 7.31. The maximum absolute atomic E-state index is 4.48. The molecule has 0 aliphatic heterocycles. The van der Waals surface area contributed by atoms with Crippen LogP contribution in [0.4, 0.5) is 0 Å². The van der Waals surface area contributed by atoms with E-state index in [1.807, 2.05) is 12.3 Å². The summed E-state index contributed by atoms with van der Waals surface area (Å²) in [6.07, 6.45) is 10.0. The van der Waals surface area contributed by atoms with Gasteiger partial charge < -0.3 is 0 Å². The van der Waals surface area contributed by atoms with Crippen LogP contribution in [0.15, 0.2) is 61.1 Å². The van der Waals surface area contributed by atoms with Crippen LogP contribution in [-0.2, 0) is 0 Å². The SMILES string of the molecule is C=C(CCCCC)C(c1ccccc1)c1cnccn1. The monoisotopic (exact) mass is 266 g/mol. The van der Waals surface area contributed by atoms with Gasteiger partial charge in [0.2, 0.25) is 0 Å². The molecule has 0 N–H and O–H groups in total. The molecule has 2 rings (SSSR count). The van der Waals surface area contributed by atoms with Crippen LogP contribution in [0.3, 0.4) is 0 Å². The van der Waals surface area contributed by atoms with Crippen molar-refractivity contribution in [2.75, 3.05) is 0 Å². The Kier molecular flexibility index (Phi) is 5.48.